The van der Waals surface area contributed by atoms with Crippen LogP contribution in [-0.4, -0.2) is 10.9 Å². The van der Waals surface area contributed by atoms with Crippen LogP contribution in [0.1, 0.15) is 0 Å². The highest BCUT2D eigenvalue weighted by atomic mass is 19.1. The molecule has 0 aliphatic carbocycles. The molecule has 0 atom stereocenters. The van der Waals surface area contributed by atoms with E-state index in [1.165, 1.54) is 18.3 Å². The first-order valence-electron chi connectivity index (χ1n) is 3.27. The van der Waals surface area contributed by atoms with E-state index >= 15 is 0 Å². The van der Waals surface area contributed by atoms with Crippen LogP contribution >= 0.6 is 0 Å². The second-order valence-corrected chi connectivity index (χ2v) is 2.06. The quantitative estimate of drug-likeness (QED) is 0.532. The number of anilines is 1. The molecule has 0 spiro atoms. The Kier molecular flexibility index (Phi) is 2.53. The molecule has 0 aliphatic heterocycles. The van der Waals surface area contributed by atoms with Crippen LogP contribution in [0, 0.1) is 5.95 Å². The van der Waals surface area contributed by atoms with E-state index in [9.17, 15) is 9.18 Å². The van der Waals surface area contributed by atoms with Crippen molar-refractivity contribution in [3.63, 3.8) is 0 Å². The normalized spacial score (nSPS) is 9.08. The Hall–Kier alpha value is -1.71. The average molecular weight is 166 g/mol. The Bertz CT molecular complexity index is 294. The van der Waals surface area contributed by atoms with Gasteiger partial charge in [0.05, 0.1) is 11.9 Å². The fraction of sp³-hybridized carbons (Fsp3) is 0. The lowest BCUT2D eigenvalue weighted by Crippen LogP contribution is -2.07. The second kappa shape index (κ2) is 3.61. The van der Waals surface area contributed by atoms with Gasteiger partial charge in [-0.05, 0) is 18.2 Å². The van der Waals surface area contributed by atoms with Gasteiger partial charge in [0.2, 0.25) is 11.9 Å². The standard InChI is InChI=1S/C8H7FN2O/c1-2-8(12)11-6-3-4-7(9)10-5-6/h2-5H,1H2,(H,11,12). The van der Waals surface area contributed by atoms with Gasteiger partial charge < -0.3 is 5.32 Å². The summed E-state index contributed by atoms with van der Waals surface area (Å²) in [6.45, 7) is 3.27. The molecule has 0 aliphatic rings. The Labute approximate surface area is 68.9 Å². The van der Waals surface area contributed by atoms with E-state index in [1.807, 2.05) is 0 Å². The van der Waals surface area contributed by atoms with E-state index in [0.717, 1.165) is 6.08 Å². The number of nitrogens with one attached hydrogen (secondary N) is 1. The largest absolute Gasteiger partial charge is 0.321 e. The number of hydrogen-bond acceptors (Lipinski definition) is 2. The van der Waals surface area contributed by atoms with E-state index in [4.69, 9.17) is 0 Å². The van der Waals surface area contributed by atoms with Crippen molar-refractivity contribution >= 4 is 11.6 Å². The molecule has 0 radical (unpaired) electrons. The summed E-state index contributed by atoms with van der Waals surface area (Å²) in [6.07, 6.45) is 2.36. The predicted molar refractivity (Wildman–Crippen MR) is 43.0 cm³/mol. The Morgan fingerprint density at radius 3 is 2.92 bits per heavy atom. The van der Waals surface area contributed by atoms with E-state index in [2.05, 4.69) is 16.9 Å². The van der Waals surface area contributed by atoms with E-state index < -0.39 is 5.95 Å². The molecule has 0 bridgehead atoms. The smallest absolute Gasteiger partial charge is 0.247 e. The van der Waals surface area contributed by atoms with Gasteiger partial charge in [0.1, 0.15) is 0 Å². The molecule has 0 fully saturated rings. The molecule has 0 saturated carbocycles. The maximum atomic E-state index is 12.3. The average Bonchev–Trinajstić information content (AvgIpc) is 2.09. The van der Waals surface area contributed by atoms with Crippen LogP contribution in [0.25, 0.3) is 0 Å². The first-order valence-corrected chi connectivity index (χ1v) is 3.27. The van der Waals surface area contributed by atoms with Gasteiger partial charge in [-0.2, -0.15) is 4.39 Å². The fourth-order valence-electron chi connectivity index (χ4n) is 0.643. The lowest BCUT2D eigenvalue weighted by Gasteiger charge is -1.99. The molecule has 62 valence electrons. The summed E-state index contributed by atoms with van der Waals surface area (Å²) in [5.41, 5.74) is 0.446. The third-order valence-corrected chi connectivity index (χ3v) is 1.18. The molecule has 1 heterocycles. The number of halogens is 1. The predicted octanol–water partition coefficient (Wildman–Crippen LogP) is 1.35. The highest BCUT2D eigenvalue weighted by molar-refractivity contribution is 5.98. The van der Waals surface area contributed by atoms with E-state index in [-0.39, 0.29) is 5.91 Å². The number of rotatable bonds is 2. The summed E-state index contributed by atoms with van der Waals surface area (Å²) in [6, 6.07) is 2.59. The summed E-state index contributed by atoms with van der Waals surface area (Å²) < 4.78 is 12.3. The zero-order chi connectivity index (χ0) is 8.97. The van der Waals surface area contributed by atoms with E-state index in [0.29, 0.717) is 5.69 Å². The highest BCUT2D eigenvalue weighted by Gasteiger charge is 1.96. The monoisotopic (exact) mass is 166 g/mol. The zero-order valence-electron chi connectivity index (χ0n) is 6.25. The molecule has 12 heavy (non-hydrogen) atoms. The Balaban J connectivity index is 2.71. The molecule has 3 nitrogen and oxygen atoms in total. The van der Waals surface area contributed by atoms with Crippen LogP contribution in [0.15, 0.2) is 31.0 Å². The SMILES string of the molecule is C=CC(=O)Nc1ccc(F)nc1. The van der Waals surface area contributed by atoms with Crippen molar-refractivity contribution in [3.8, 4) is 0 Å². The molecular weight excluding hydrogens is 159 g/mol. The number of amides is 1. The number of carbonyl (C=O) groups excluding carboxylic acids is 1. The van der Waals surface area contributed by atoms with Gasteiger partial charge in [0.25, 0.3) is 0 Å². The number of pyridine rings is 1. The summed E-state index contributed by atoms with van der Waals surface area (Å²) in [5, 5.41) is 2.43. The molecule has 4 heteroatoms. The third kappa shape index (κ3) is 2.16. The lowest BCUT2D eigenvalue weighted by molar-refractivity contribution is -0.111. The number of hydrogen-bond donors (Lipinski definition) is 1. The Morgan fingerprint density at radius 1 is 1.67 bits per heavy atom. The molecule has 0 aromatic carbocycles. The minimum absolute atomic E-state index is 0.344. The van der Waals surface area contributed by atoms with Gasteiger partial charge in [0, 0.05) is 0 Å². The van der Waals surface area contributed by atoms with Gasteiger partial charge in [0.15, 0.2) is 0 Å². The molecule has 1 N–H and O–H groups in total. The minimum Gasteiger partial charge on any atom is -0.321 e. The molecule has 0 unspecified atom stereocenters. The minimum atomic E-state index is -0.577. The molecule has 1 aromatic rings. The van der Waals surface area contributed by atoms with Gasteiger partial charge in [-0.1, -0.05) is 6.58 Å². The van der Waals surface area contributed by atoms with Gasteiger partial charge in [-0.25, -0.2) is 4.98 Å². The first-order chi connectivity index (χ1) is 5.72. The van der Waals surface area contributed by atoms with E-state index in [1.54, 1.807) is 0 Å². The molecule has 1 amide bonds. The van der Waals surface area contributed by atoms with Crippen molar-refractivity contribution in [2.24, 2.45) is 0 Å². The van der Waals surface area contributed by atoms with Crippen LogP contribution < -0.4 is 5.32 Å². The van der Waals surface area contributed by atoms with Crippen molar-refractivity contribution in [2.75, 3.05) is 5.32 Å². The van der Waals surface area contributed by atoms with Crippen molar-refractivity contribution in [2.45, 2.75) is 0 Å². The summed E-state index contributed by atoms with van der Waals surface area (Å²) in [5.74, 6) is -0.921. The van der Waals surface area contributed by atoms with Crippen molar-refractivity contribution < 1.29 is 9.18 Å². The van der Waals surface area contributed by atoms with Crippen LogP contribution in [0.3, 0.4) is 0 Å². The third-order valence-electron chi connectivity index (χ3n) is 1.18. The topological polar surface area (TPSA) is 42.0 Å². The highest BCUT2D eigenvalue weighted by Crippen LogP contribution is 2.04. The maximum absolute atomic E-state index is 12.3. The second-order valence-electron chi connectivity index (χ2n) is 2.06. The molecule has 0 saturated heterocycles. The van der Waals surface area contributed by atoms with Crippen molar-refractivity contribution in [1.82, 2.24) is 4.98 Å². The molecule has 1 aromatic heterocycles. The summed E-state index contributed by atoms with van der Waals surface area (Å²) in [7, 11) is 0. The summed E-state index contributed by atoms with van der Waals surface area (Å²) >= 11 is 0. The fourth-order valence-corrected chi connectivity index (χ4v) is 0.643. The molecular formula is C8H7FN2O. The van der Waals surface area contributed by atoms with Gasteiger partial charge >= 0.3 is 0 Å². The maximum Gasteiger partial charge on any atom is 0.247 e. The Morgan fingerprint density at radius 2 is 2.42 bits per heavy atom. The van der Waals surface area contributed by atoms with Crippen molar-refractivity contribution in [1.29, 1.82) is 0 Å². The van der Waals surface area contributed by atoms with Crippen LogP contribution in [0.2, 0.25) is 0 Å². The van der Waals surface area contributed by atoms with Gasteiger partial charge in [-0.3, -0.25) is 4.79 Å². The zero-order valence-corrected chi connectivity index (χ0v) is 6.25. The van der Waals surface area contributed by atoms with Crippen LogP contribution in [0.5, 0.6) is 0 Å². The van der Waals surface area contributed by atoms with Crippen LogP contribution in [-0.2, 0) is 4.79 Å². The van der Waals surface area contributed by atoms with Gasteiger partial charge in [-0.15, -0.1) is 0 Å². The number of nitrogens with zero attached hydrogens (tertiary/aromatic N) is 1. The van der Waals surface area contributed by atoms with Crippen molar-refractivity contribution in [3.05, 3.63) is 36.9 Å². The number of aromatic nitrogens is 1. The first kappa shape index (κ1) is 8.39. The lowest BCUT2D eigenvalue weighted by atomic mass is 10.4. The molecule has 1 rings (SSSR count). The number of carbonyl (C=O) groups is 1. The van der Waals surface area contributed by atoms with Crippen LogP contribution in [0.4, 0.5) is 10.1 Å². The summed E-state index contributed by atoms with van der Waals surface area (Å²) in [4.78, 5) is 14.1.